The zero-order valence-corrected chi connectivity index (χ0v) is 25.0. The van der Waals surface area contributed by atoms with Crippen molar-refractivity contribution in [2.24, 2.45) is 0 Å². The fourth-order valence-corrected chi connectivity index (χ4v) is 7.18. The molecule has 0 aromatic heterocycles. The molecule has 1 aliphatic rings. The summed E-state index contributed by atoms with van der Waals surface area (Å²) in [6, 6.07) is 7.04. The number of amides is 2. The van der Waals surface area contributed by atoms with Crippen LogP contribution in [0.25, 0.3) is 0 Å². The summed E-state index contributed by atoms with van der Waals surface area (Å²) in [7, 11) is -3.59. The first kappa shape index (κ1) is 32.5. The smallest absolute Gasteiger partial charge is 0.273 e. The van der Waals surface area contributed by atoms with Gasteiger partial charge in [0.2, 0.25) is 0 Å². The summed E-state index contributed by atoms with van der Waals surface area (Å²) in [5, 5.41) is 0. The molecule has 38 heavy (non-hydrogen) atoms. The van der Waals surface area contributed by atoms with Crippen molar-refractivity contribution >= 4 is 21.9 Å². The van der Waals surface area contributed by atoms with Crippen molar-refractivity contribution in [2.75, 3.05) is 13.2 Å². The number of imide groups is 1. The third-order valence-corrected chi connectivity index (χ3v) is 10.0. The Morgan fingerprint density at radius 1 is 0.658 bits per heavy atom. The molecule has 1 aromatic carbocycles. The number of hydrogen-bond donors (Lipinski definition) is 0. The van der Waals surface area contributed by atoms with Crippen LogP contribution in [0.3, 0.4) is 0 Å². The van der Waals surface area contributed by atoms with E-state index in [4.69, 9.17) is 4.18 Å². The van der Waals surface area contributed by atoms with Crippen LogP contribution in [0.1, 0.15) is 151 Å². The third-order valence-electron chi connectivity index (χ3n) is 7.88. The maximum atomic E-state index is 13.3. The molecule has 0 saturated heterocycles. The number of benzene rings is 1. The molecule has 2 rings (SSSR count). The van der Waals surface area contributed by atoms with Gasteiger partial charge in [0, 0.05) is 6.54 Å². The van der Waals surface area contributed by atoms with E-state index in [0.717, 1.165) is 89.9 Å². The molecule has 7 heteroatoms. The molecule has 0 N–H and O–H groups in total. The van der Waals surface area contributed by atoms with Crippen molar-refractivity contribution in [3.63, 3.8) is 0 Å². The van der Waals surface area contributed by atoms with Crippen LogP contribution in [-0.4, -0.2) is 43.0 Å². The number of fused-ring (bicyclic) bond motifs is 1. The van der Waals surface area contributed by atoms with E-state index in [2.05, 4.69) is 13.8 Å². The first-order chi connectivity index (χ1) is 18.3. The number of carbonyl (C=O) groups is 2. The Hall–Kier alpha value is -1.73. The minimum atomic E-state index is -3.59. The highest BCUT2D eigenvalue weighted by Crippen LogP contribution is 2.37. The van der Waals surface area contributed by atoms with Gasteiger partial charge < -0.3 is 0 Å². The average molecular weight is 550 g/mol. The lowest BCUT2D eigenvalue weighted by molar-refractivity contribution is 0.0651. The minimum absolute atomic E-state index is 0.169. The fourth-order valence-electron chi connectivity index (χ4n) is 5.41. The van der Waals surface area contributed by atoms with Gasteiger partial charge in [-0.3, -0.25) is 18.7 Å². The minimum Gasteiger partial charge on any atom is -0.274 e. The van der Waals surface area contributed by atoms with Crippen LogP contribution in [0.2, 0.25) is 0 Å². The summed E-state index contributed by atoms with van der Waals surface area (Å²) in [6.07, 6.45) is 15.8. The van der Waals surface area contributed by atoms with E-state index in [9.17, 15) is 18.0 Å². The highest BCUT2D eigenvalue weighted by molar-refractivity contribution is 7.88. The SMILES string of the molecule is CCCCOS(=O)(=O)C(CCCC)(CCCC)CCCCCCCCCCN1C(=O)c2ccccc2C1=O. The van der Waals surface area contributed by atoms with Gasteiger partial charge in [0.25, 0.3) is 21.9 Å². The number of unbranched alkanes of at least 4 members (excludes halogenated alkanes) is 10. The zero-order chi connectivity index (χ0) is 27.9. The van der Waals surface area contributed by atoms with E-state index in [1.165, 1.54) is 4.90 Å². The molecular weight excluding hydrogens is 498 g/mol. The Labute approximate surface area is 232 Å². The number of hydrogen-bond acceptors (Lipinski definition) is 5. The molecule has 0 atom stereocenters. The summed E-state index contributed by atoms with van der Waals surface area (Å²) < 4.78 is 31.5. The van der Waals surface area contributed by atoms with E-state index in [1.807, 2.05) is 6.92 Å². The van der Waals surface area contributed by atoms with Crippen LogP contribution in [0.15, 0.2) is 24.3 Å². The molecule has 1 heterocycles. The third kappa shape index (κ3) is 9.18. The van der Waals surface area contributed by atoms with Crippen molar-refractivity contribution < 1.29 is 22.2 Å². The van der Waals surface area contributed by atoms with E-state index >= 15 is 0 Å². The molecule has 0 saturated carbocycles. The number of rotatable bonds is 22. The van der Waals surface area contributed by atoms with Crippen LogP contribution in [-0.2, 0) is 14.3 Å². The van der Waals surface area contributed by atoms with Gasteiger partial charge in [-0.2, -0.15) is 8.42 Å². The lowest BCUT2D eigenvalue weighted by atomic mass is 9.89. The second-order valence-corrected chi connectivity index (χ2v) is 12.9. The summed E-state index contributed by atoms with van der Waals surface area (Å²) in [5.41, 5.74) is 1.04. The summed E-state index contributed by atoms with van der Waals surface area (Å²) in [4.78, 5) is 26.3. The van der Waals surface area contributed by atoms with E-state index in [1.54, 1.807) is 24.3 Å². The van der Waals surface area contributed by atoms with Gasteiger partial charge in [-0.15, -0.1) is 0 Å². The molecule has 0 bridgehead atoms. The summed E-state index contributed by atoms with van der Waals surface area (Å²) in [5.74, 6) is -0.338. The van der Waals surface area contributed by atoms with E-state index in [0.29, 0.717) is 43.5 Å². The monoisotopic (exact) mass is 549 g/mol. The second kappa shape index (κ2) is 17.1. The highest BCUT2D eigenvalue weighted by atomic mass is 32.2. The second-order valence-electron chi connectivity index (χ2n) is 10.9. The van der Waals surface area contributed by atoms with E-state index < -0.39 is 14.9 Å². The molecule has 0 fully saturated rings. The summed E-state index contributed by atoms with van der Waals surface area (Å²) in [6.45, 7) is 7.07. The first-order valence-electron chi connectivity index (χ1n) is 15.2. The maximum Gasteiger partial charge on any atom is 0.273 e. The van der Waals surface area contributed by atoms with Crippen molar-refractivity contribution in [3.8, 4) is 0 Å². The van der Waals surface area contributed by atoms with Crippen molar-refractivity contribution in [1.29, 1.82) is 0 Å². The molecule has 0 radical (unpaired) electrons. The normalized spacial score (nSPS) is 13.9. The zero-order valence-electron chi connectivity index (χ0n) is 24.1. The van der Waals surface area contributed by atoms with Gasteiger partial charge in [-0.05, 0) is 44.2 Å². The lowest BCUT2D eigenvalue weighted by Gasteiger charge is -2.33. The largest absolute Gasteiger partial charge is 0.274 e. The molecule has 0 unspecified atom stereocenters. The van der Waals surface area contributed by atoms with Gasteiger partial charge >= 0.3 is 0 Å². The first-order valence-corrected chi connectivity index (χ1v) is 16.6. The molecule has 1 aromatic rings. The lowest BCUT2D eigenvalue weighted by Crippen LogP contribution is -2.40. The van der Waals surface area contributed by atoms with Crippen LogP contribution >= 0.6 is 0 Å². The molecule has 6 nitrogen and oxygen atoms in total. The maximum absolute atomic E-state index is 13.3. The molecule has 0 aliphatic carbocycles. The predicted octanol–water partition coefficient (Wildman–Crippen LogP) is 8.06. The van der Waals surface area contributed by atoms with Crippen molar-refractivity contribution in [3.05, 3.63) is 35.4 Å². The van der Waals surface area contributed by atoms with Crippen molar-refractivity contribution in [1.82, 2.24) is 4.90 Å². The fraction of sp³-hybridized carbons (Fsp3) is 0.742. The number of nitrogens with zero attached hydrogens (tertiary/aromatic N) is 1. The Bertz CT molecular complexity index is 916. The van der Waals surface area contributed by atoms with Crippen LogP contribution in [0, 0.1) is 0 Å². The van der Waals surface area contributed by atoms with Crippen LogP contribution in [0.4, 0.5) is 0 Å². The Balaban J connectivity index is 1.70. The van der Waals surface area contributed by atoms with Crippen LogP contribution < -0.4 is 0 Å². The Kier molecular flexibility index (Phi) is 14.6. The molecule has 0 spiro atoms. The number of carbonyl (C=O) groups excluding carboxylic acids is 2. The quantitative estimate of drug-likeness (QED) is 0.0830. The topological polar surface area (TPSA) is 80.8 Å². The standard InChI is InChI=1S/C31H51NO5S/c1-4-7-22-31(23-8-5-2,38(35,36)37-26-9-6-3)24-18-14-12-10-11-13-15-19-25-32-29(33)27-20-16-17-21-28(27)30(32)34/h16-17,20-21H,4-15,18-19,22-26H2,1-3H3. The average Bonchev–Trinajstić information content (AvgIpc) is 3.15. The van der Waals surface area contributed by atoms with Gasteiger partial charge in [0.15, 0.2) is 0 Å². The van der Waals surface area contributed by atoms with Crippen LogP contribution in [0.5, 0.6) is 0 Å². The van der Waals surface area contributed by atoms with Gasteiger partial charge in [-0.1, -0.05) is 110 Å². The Morgan fingerprint density at radius 2 is 1.11 bits per heavy atom. The van der Waals surface area contributed by atoms with Gasteiger partial charge in [0.05, 0.1) is 22.5 Å². The predicted molar refractivity (Wildman–Crippen MR) is 155 cm³/mol. The molecule has 1 aliphatic heterocycles. The molecular formula is C31H51NO5S. The van der Waals surface area contributed by atoms with Gasteiger partial charge in [0.1, 0.15) is 0 Å². The molecule has 216 valence electrons. The molecule has 2 amide bonds. The summed E-state index contributed by atoms with van der Waals surface area (Å²) >= 11 is 0. The van der Waals surface area contributed by atoms with E-state index in [-0.39, 0.29) is 11.8 Å². The van der Waals surface area contributed by atoms with Gasteiger partial charge in [-0.25, -0.2) is 0 Å². The Morgan fingerprint density at radius 3 is 1.61 bits per heavy atom. The van der Waals surface area contributed by atoms with Crippen molar-refractivity contribution in [2.45, 2.75) is 135 Å². The highest BCUT2D eigenvalue weighted by Gasteiger charge is 2.43.